The second-order valence-corrected chi connectivity index (χ2v) is 7.41. The van der Waals surface area contributed by atoms with Gasteiger partial charge >= 0.3 is 0 Å². The molecule has 0 radical (unpaired) electrons. The number of benzene rings is 3. The molecule has 0 saturated heterocycles. The van der Waals surface area contributed by atoms with Crippen LogP contribution in [-0.4, -0.2) is 10.9 Å². The highest BCUT2D eigenvalue weighted by Crippen LogP contribution is 2.53. The minimum atomic E-state index is 0.0344. The van der Waals surface area contributed by atoms with Crippen molar-refractivity contribution in [1.82, 2.24) is 10.3 Å². The van der Waals surface area contributed by atoms with Crippen LogP contribution in [0.1, 0.15) is 39.4 Å². The third-order valence-electron chi connectivity index (χ3n) is 6.11. The molecule has 2 N–H and O–H groups in total. The van der Waals surface area contributed by atoms with Gasteiger partial charge in [-0.2, -0.15) is 0 Å². The Bertz CT molecular complexity index is 1290. The highest BCUT2D eigenvalue weighted by Gasteiger charge is 2.37. The molecule has 1 amide bonds. The van der Waals surface area contributed by atoms with Crippen molar-refractivity contribution in [3.05, 3.63) is 83.4 Å². The molecule has 4 aromatic rings. The lowest BCUT2D eigenvalue weighted by atomic mass is 9.88. The molecule has 1 aliphatic heterocycles. The van der Waals surface area contributed by atoms with Crippen molar-refractivity contribution in [2.75, 3.05) is 0 Å². The third-order valence-corrected chi connectivity index (χ3v) is 6.11. The van der Waals surface area contributed by atoms with Gasteiger partial charge in [0.05, 0.1) is 11.1 Å². The van der Waals surface area contributed by atoms with E-state index in [4.69, 9.17) is 0 Å². The van der Waals surface area contributed by atoms with Crippen LogP contribution in [0.25, 0.3) is 32.9 Å². The fourth-order valence-corrected chi connectivity index (χ4v) is 5.10. The number of aromatic nitrogens is 1. The normalized spacial score (nSPS) is 17.0. The zero-order valence-corrected chi connectivity index (χ0v) is 14.8. The van der Waals surface area contributed by atoms with Gasteiger partial charge in [-0.15, -0.1) is 6.58 Å². The molecule has 2 heterocycles. The lowest BCUT2D eigenvalue weighted by Gasteiger charge is -2.14. The lowest BCUT2D eigenvalue weighted by Crippen LogP contribution is -2.12. The molecule has 130 valence electrons. The zero-order valence-electron chi connectivity index (χ0n) is 14.8. The van der Waals surface area contributed by atoms with E-state index < -0.39 is 0 Å². The molecule has 1 atom stereocenters. The summed E-state index contributed by atoms with van der Waals surface area (Å²) in [5, 5.41) is 5.25. The number of nitrogens with one attached hydrogen (secondary N) is 2. The Morgan fingerprint density at radius 3 is 2.78 bits per heavy atom. The van der Waals surface area contributed by atoms with E-state index in [-0.39, 0.29) is 11.8 Å². The molecule has 3 heteroatoms. The number of allylic oxidation sites excluding steroid dienone is 1. The molecule has 3 aromatic carbocycles. The van der Waals surface area contributed by atoms with Gasteiger partial charge in [0.25, 0.3) is 5.91 Å². The van der Waals surface area contributed by atoms with Crippen molar-refractivity contribution < 1.29 is 4.79 Å². The summed E-state index contributed by atoms with van der Waals surface area (Å²) >= 11 is 0. The van der Waals surface area contributed by atoms with E-state index in [0.29, 0.717) is 6.54 Å². The van der Waals surface area contributed by atoms with Gasteiger partial charge < -0.3 is 10.3 Å². The van der Waals surface area contributed by atoms with Gasteiger partial charge in [0, 0.05) is 28.8 Å². The highest BCUT2D eigenvalue weighted by molar-refractivity contribution is 6.22. The topological polar surface area (TPSA) is 44.9 Å². The van der Waals surface area contributed by atoms with E-state index in [9.17, 15) is 4.79 Å². The second kappa shape index (κ2) is 5.10. The smallest absolute Gasteiger partial charge is 0.252 e. The molecule has 0 saturated carbocycles. The molecule has 0 spiro atoms. The van der Waals surface area contributed by atoms with Crippen LogP contribution in [0.15, 0.2) is 61.2 Å². The number of fused-ring (bicyclic) bond motifs is 10. The molecule has 0 fully saturated rings. The first-order chi connectivity index (χ1) is 13.3. The first-order valence-corrected chi connectivity index (χ1v) is 9.37. The fourth-order valence-electron chi connectivity index (χ4n) is 5.10. The van der Waals surface area contributed by atoms with E-state index in [0.717, 1.165) is 39.4 Å². The molecular formula is C24H18N2O. The molecule has 3 nitrogen and oxygen atoms in total. The standard InChI is InChI=1S/C24H18N2O/c1-2-7-14-13-8-3-4-9-15(13)19-17-12-25-24(27)22(17)21-16-10-5-6-11-18(16)26-23(21)20(14)19/h2-6,8-11,14,26H,1,7,12H2,(H,25,27). The lowest BCUT2D eigenvalue weighted by molar-refractivity contribution is 0.0967. The average Bonchev–Trinajstić information content (AvgIpc) is 3.34. The van der Waals surface area contributed by atoms with Crippen LogP contribution in [0.2, 0.25) is 0 Å². The fraction of sp³-hybridized carbons (Fsp3) is 0.125. The van der Waals surface area contributed by atoms with Gasteiger partial charge in [0.15, 0.2) is 0 Å². The highest BCUT2D eigenvalue weighted by atomic mass is 16.1. The van der Waals surface area contributed by atoms with Crippen molar-refractivity contribution in [3.8, 4) is 11.1 Å². The van der Waals surface area contributed by atoms with Crippen molar-refractivity contribution in [2.24, 2.45) is 0 Å². The largest absolute Gasteiger partial charge is 0.354 e. The first-order valence-electron chi connectivity index (χ1n) is 9.37. The number of carbonyl (C=O) groups excluding carboxylic acids is 1. The first kappa shape index (κ1) is 14.8. The van der Waals surface area contributed by atoms with E-state index in [1.165, 1.54) is 22.3 Å². The zero-order chi connectivity index (χ0) is 18.1. The van der Waals surface area contributed by atoms with E-state index in [1.807, 2.05) is 18.2 Å². The molecule has 27 heavy (non-hydrogen) atoms. The summed E-state index contributed by atoms with van der Waals surface area (Å²) in [4.78, 5) is 16.4. The van der Waals surface area contributed by atoms with Gasteiger partial charge in [-0.1, -0.05) is 48.5 Å². The Labute approximate surface area is 156 Å². The Morgan fingerprint density at radius 1 is 1.07 bits per heavy atom. The maximum atomic E-state index is 12.8. The Kier molecular flexibility index (Phi) is 2.80. The van der Waals surface area contributed by atoms with Crippen LogP contribution in [0.4, 0.5) is 0 Å². The van der Waals surface area contributed by atoms with Crippen LogP contribution in [0, 0.1) is 0 Å². The number of hydrogen-bond donors (Lipinski definition) is 2. The minimum Gasteiger partial charge on any atom is -0.354 e. The van der Waals surface area contributed by atoms with Gasteiger partial charge in [0.1, 0.15) is 0 Å². The maximum Gasteiger partial charge on any atom is 0.252 e. The minimum absolute atomic E-state index is 0.0344. The van der Waals surface area contributed by atoms with Crippen LogP contribution in [-0.2, 0) is 6.54 Å². The molecule has 6 rings (SSSR count). The number of hydrogen-bond acceptors (Lipinski definition) is 1. The van der Waals surface area contributed by atoms with Crippen molar-refractivity contribution in [2.45, 2.75) is 18.9 Å². The van der Waals surface area contributed by atoms with E-state index in [2.05, 4.69) is 53.3 Å². The predicted molar refractivity (Wildman–Crippen MR) is 109 cm³/mol. The summed E-state index contributed by atoms with van der Waals surface area (Å²) in [5.74, 6) is 0.303. The number of para-hydroxylation sites is 1. The van der Waals surface area contributed by atoms with Crippen molar-refractivity contribution >= 4 is 27.7 Å². The average molecular weight is 350 g/mol. The quantitative estimate of drug-likeness (QED) is 0.476. The van der Waals surface area contributed by atoms with Crippen LogP contribution in [0.3, 0.4) is 0 Å². The summed E-state index contributed by atoms with van der Waals surface area (Å²) in [5.41, 5.74) is 9.32. The SMILES string of the molecule is C=CCC1c2ccccc2-c2c3c(c4c([nH]c5ccccc54)c21)C(=O)NC3. The predicted octanol–water partition coefficient (Wildman–Crippen LogP) is 5.25. The molecule has 2 aliphatic rings. The van der Waals surface area contributed by atoms with Crippen LogP contribution < -0.4 is 5.32 Å². The molecule has 1 aromatic heterocycles. The summed E-state index contributed by atoms with van der Waals surface area (Å²) < 4.78 is 0. The molecule has 1 aliphatic carbocycles. The van der Waals surface area contributed by atoms with Crippen LogP contribution >= 0.6 is 0 Å². The number of H-pyrrole nitrogens is 1. The van der Waals surface area contributed by atoms with Gasteiger partial charge in [-0.25, -0.2) is 0 Å². The van der Waals surface area contributed by atoms with Gasteiger partial charge in [-0.05, 0) is 40.3 Å². The van der Waals surface area contributed by atoms with Crippen molar-refractivity contribution in [3.63, 3.8) is 0 Å². The van der Waals surface area contributed by atoms with Gasteiger partial charge in [-0.3, -0.25) is 4.79 Å². The molecular weight excluding hydrogens is 332 g/mol. The number of amides is 1. The number of carbonyl (C=O) groups is 1. The van der Waals surface area contributed by atoms with Gasteiger partial charge in [0.2, 0.25) is 0 Å². The molecule has 0 bridgehead atoms. The maximum absolute atomic E-state index is 12.8. The molecule has 1 unspecified atom stereocenters. The number of aromatic amines is 1. The summed E-state index contributed by atoms with van der Waals surface area (Å²) in [6.45, 7) is 4.60. The Balaban J connectivity index is 1.87. The summed E-state index contributed by atoms with van der Waals surface area (Å²) in [7, 11) is 0. The van der Waals surface area contributed by atoms with Crippen LogP contribution in [0.5, 0.6) is 0 Å². The number of rotatable bonds is 2. The summed E-state index contributed by atoms with van der Waals surface area (Å²) in [6, 6.07) is 16.9. The Hall–Kier alpha value is -3.33. The Morgan fingerprint density at radius 2 is 1.89 bits per heavy atom. The van der Waals surface area contributed by atoms with E-state index >= 15 is 0 Å². The van der Waals surface area contributed by atoms with Crippen molar-refractivity contribution in [1.29, 1.82) is 0 Å². The monoisotopic (exact) mass is 350 g/mol. The third kappa shape index (κ3) is 1.74. The summed E-state index contributed by atoms with van der Waals surface area (Å²) in [6.07, 6.45) is 2.89. The second-order valence-electron chi connectivity index (χ2n) is 7.41. The van der Waals surface area contributed by atoms with E-state index in [1.54, 1.807) is 0 Å².